The lowest BCUT2D eigenvalue weighted by Crippen LogP contribution is -2.19. The van der Waals surface area contributed by atoms with Crippen molar-refractivity contribution in [3.63, 3.8) is 0 Å². The largest absolute Gasteiger partial charge is 0.490 e. The van der Waals surface area contributed by atoms with Crippen LogP contribution in [0.3, 0.4) is 0 Å². The second kappa shape index (κ2) is 11.4. The molecule has 0 fully saturated rings. The van der Waals surface area contributed by atoms with E-state index in [1.165, 1.54) is 16.7 Å². The highest BCUT2D eigenvalue weighted by Crippen LogP contribution is 2.28. The summed E-state index contributed by atoms with van der Waals surface area (Å²) in [6, 6.07) is 12.0. The lowest BCUT2D eigenvalue weighted by molar-refractivity contribution is -0.118. The number of hydrazone groups is 1. The van der Waals surface area contributed by atoms with Gasteiger partial charge in [-0.25, -0.2) is 5.43 Å². The van der Waals surface area contributed by atoms with Crippen molar-refractivity contribution < 1.29 is 14.3 Å². The first-order chi connectivity index (χ1) is 13.5. The molecule has 0 atom stereocenters. The molecule has 0 aromatic heterocycles. The normalized spacial score (nSPS) is 10.9. The number of nitrogens with zero attached hydrogens (tertiary/aromatic N) is 1. The van der Waals surface area contributed by atoms with Crippen LogP contribution in [0.5, 0.6) is 11.5 Å². The maximum absolute atomic E-state index is 12.0. The van der Waals surface area contributed by atoms with E-state index < -0.39 is 0 Å². The standard InChI is InChI=1S/C22H28N2O3S/c1-5-26-20-8-7-18(12-21(20)27-6-2)13-23-24-22(25)15-28-14-19-10-16(3)9-17(4)11-19/h7-13H,5-6,14-15H2,1-4H3,(H,24,25)/b23-13-. The molecule has 6 heteroatoms. The molecular formula is C22H28N2O3S. The third-order valence-electron chi connectivity index (χ3n) is 3.75. The van der Waals surface area contributed by atoms with Crippen LogP contribution in [0.2, 0.25) is 0 Å². The second-order valence-electron chi connectivity index (χ2n) is 6.35. The smallest absolute Gasteiger partial charge is 0.250 e. The van der Waals surface area contributed by atoms with Crippen molar-refractivity contribution >= 4 is 23.9 Å². The summed E-state index contributed by atoms with van der Waals surface area (Å²) in [4.78, 5) is 12.0. The van der Waals surface area contributed by atoms with E-state index in [0.29, 0.717) is 30.5 Å². The Morgan fingerprint density at radius 3 is 2.39 bits per heavy atom. The third-order valence-corrected chi connectivity index (χ3v) is 4.76. The van der Waals surface area contributed by atoms with Gasteiger partial charge in [0, 0.05) is 5.75 Å². The average Bonchev–Trinajstić information content (AvgIpc) is 2.63. The summed E-state index contributed by atoms with van der Waals surface area (Å²) >= 11 is 1.57. The molecule has 0 heterocycles. The van der Waals surface area contributed by atoms with Crippen molar-refractivity contribution in [2.24, 2.45) is 5.10 Å². The molecule has 1 N–H and O–H groups in total. The Labute approximate surface area is 171 Å². The van der Waals surface area contributed by atoms with Crippen LogP contribution in [-0.4, -0.2) is 31.1 Å². The Bertz CT molecular complexity index is 801. The van der Waals surface area contributed by atoms with Gasteiger partial charge in [-0.05, 0) is 57.0 Å². The molecule has 0 unspecified atom stereocenters. The van der Waals surface area contributed by atoms with Crippen LogP contribution < -0.4 is 14.9 Å². The number of amides is 1. The SMILES string of the molecule is CCOc1ccc(/C=N\NC(=O)CSCc2cc(C)cc(C)c2)cc1OCC. The van der Waals surface area contributed by atoms with Crippen molar-refractivity contribution in [3.8, 4) is 11.5 Å². The Balaban J connectivity index is 1.83. The van der Waals surface area contributed by atoms with Gasteiger partial charge in [0.15, 0.2) is 11.5 Å². The van der Waals surface area contributed by atoms with Gasteiger partial charge in [0.05, 0.1) is 25.2 Å². The molecule has 0 saturated heterocycles. The number of benzene rings is 2. The summed E-state index contributed by atoms with van der Waals surface area (Å²) in [6.07, 6.45) is 1.60. The quantitative estimate of drug-likeness (QED) is 0.472. The van der Waals surface area contributed by atoms with Crippen LogP contribution in [0, 0.1) is 13.8 Å². The zero-order valence-corrected chi connectivity index (χ0v) is 17.8. The zero-order chi connectivity index (χ0) is 20.4. The van der Waals surface area contributed by atoms with Crippen molar-refractivity contribution in [2.45, 2.75) is 33.4 Å². The number of ether oxygens (including phenoxy) is 2. The van der Waals surface area contributed by atoms with Gasteiger partial charge >= 0.3 is 0 Å². The monoisotopic (exact) mass is 400 g/mol. The van der Waals surface area contributed by atoms with Crippen LogP contribution in [0.25, 0.3) is 0 Å². The van der Waals surface area contributed by atoms with Gasteiger partial charge in [0.2, 0.25) is 5.91 Å². The molecule has 5 nitrogen and oxygen atoms in total. The average molecular weight is 401 g/mol. The highest BCUT2D eigenvalue weighted by molar-refractivity contribution is 7.99. The van der Waals surface area contributed by atoms with Crippen LogP contribution in [0.4, 0.5) is 0 Å². The summed E-state index contributed by atoms with van der Waals surface area (Å²) in [6.45, 7) is 9.14. The molecule has 0 bridgehead atoms. The van der Waals surface area contributed by atoms with Crippen molar-refractivity contribution in [1.82, 2.24) is 5.43 Å². The number of aryl methyl sites for hydroxylation is 2. The van der Waals surface area contributed by atoms with E-state index in [1.54, 1.807) is 18.0 Å². The molecule has 0 aliphatic carbocycles. The number of carbonyl (C=O) groups is 1. The predicted octanol–water partition coefficient (Wildman–Crippen LogP) is 4.48. The number of rotatable bonds is 10. The number of hydrogen-bond acceptors (Lipinski definition) is 5. The number of hydrogen-bond donors (Lipinski definition) is 1. The Hall–Kier alpha value is -2.47. The maximum Gasteiger partial charge on any atom is 0.250 e. The highest BCUT2D eigenvalue weighted by atomic mass is 32.2. The first kappa shape index (κ1) is 21.8. The van der Waals surface area contributed by atoms with Crippen molar-refractivity contribution in [3.05, 3.63) is 58.7 Å². The molecule has 0 saturated carbocycles. The molecule has 0 aliphatic rings. The maximum atomic E-state index is 12.0. The Morgan fingerprint density at radius 2 is 1.71 bits per heavy atom. The summed E-state index contributed by atoms with van der Waals surface area (Å²) in [5.41, 5.74) is 7.11. The molecule has 0 spiro atoms. The van der Waals surface area contributed by atoms with Gasteiger partial charge in [0.1, 0.15) is 0 Å². The van der Waals surface area contributed by atoms with E-state index in [0.717, 1.165) is 11.3 Å². The molecule has 0 radical (unpaired) electrons. The van der Waals surface area contributed by atoms with E-state index in [1.807, 2.05) is 32.0 Å². The fourth-order valence-electron chi connectivity index (χ4n) is 2.77. The van der Waals surface area contributed by atoms with Gasteiger partial charge < -0.3 is 9.47 Å². The van der Waals surface area contributed by atoms with E-state index >= 15 is 0 Å². The summed E-state index contributed by atoms with van der Waals surface area (Å²) in [7, 11) is 0. The van der Waals surface area contributed by atoms with Crippen LogP contribution >= 0.6 is 11.8 Å². The molecule has 0 aliphatic heterocycles. The van der Waals surface area contributed by atoms with Gasteiger partial charge in [-0.3, -0.25) is 4.79 Å². The number of nitrogens with one attached hydrogen (secondary N) is 1. The predicted molar refractivity (Wildman–Crippen MR) is 117 cm³/mol. The first-order valence-electron chi connectivity index (χ1n) is 9.38. The molecule has 28 heavy (non-hydrogen) atoms. The fraction of sp³-hybridized carbons (Fsp3) is 0.364. The topological polar surface area (TPSA) is 59.9 Å². The molecule has 2 aromatic carbocycles. The third kappa shape index (κ3) is 7.27. The number of carbonyl (C=O) groups excluding carboxylic acids is 1. The lowest BCUT2D eigenvalue weighted by atomic mass is 10.1. The summed E-state index contributed by atoms with van der Waals surface area (Å²) < 4.78 is 11.1. The minimum Gasteiger partial charge on any atom is -0.490 e. The second-order valence-corrected chi connectivity index (χ2v) is 7.34. The van der Waals surface area contributed by atoms with Gasteiger partial charge in [-0.2, -0.15) is 5.10 Å². The van der Waals surface area contributed by atoms with Gasteiger partial charge in [-0.15, -0.1) is 11.8 Å². The van der Waals surface area contributed by atoms with Gasteiger partial charge in [-0.1, -0.05) is 29.3 Å². The van der Waals surface area contributed by atoms with Crippen LogP contribution in [0.1, 0.15) is 36.1 Å². The minimum atomic E-state index is -0.124. The van der Waals surface area contributed by atoms with Crippen molar-refractivity contribution in [1.29, 1.82) is 0 Å². The van der Waals surface area contributed by atoms with E-state index in [4.69, 9.17) is 9.47 Å². The Kier molecular flexibility index (Phi) is 8.88. The van der Waals surface area contributed by atoms with E-state index in [2.05, 4.69) is 42.6 Å². The zero-order valence-electron chi connectivity index (χ0n) is 17.0. The number of thioether (sulfide) groups is 1. The molecule has 2 aromatic rings. The molecular weight excluding hydrogens is 372 g/mol. The van der Waals surface area contributed by atoms with Crippen LogP contribution in [-0.2, 0) is 10.5 Å². The van der Waals surface area contributed by atoms with Crippen molar-refractivity contribution in [2.75, 3.05) is 19.0 Å². The molecule has 2 rings (SSSR count). The Morgan fingerprint density at radius 1 is 1.04 bits per heavy atom. The lowest BCUT2D eigenvalue weighted by Gasteiger charge is -2.11. The van der Waals surface area contributed by atoms with Crippen LogP contribution in [0.15, 0.2) is 41.5 Å². The van der Waals surface area contributed by atoms with E-state index in [9.17, 15) is 4.79 Å². The first-order valence-corrected chi connectivity index (χ1v) is 10.5. The molecule has 1 amide bonds. The fourth-order valence-corrected chi connectivity index (χ4v) is 3.53. The molecule has 150 valence electrons. The minimum absolute atomic E-state index is 0.124. The highest BCUT2D eigenvalue weighted by Gasteiger charge is 2.06. The van der Waals surface area contributed by atoms with E-state index in [-0.39, 0.29) is 5.91 Å². The van der Waals surface area contributed by atoms with Gasteiger partial charge in [0.25, 0.3) is 0 Å². The summed E-state index contributed by atoms with van der Waals surface area (Å²) in [5, 5.41) is 4.04. The summed E-state index contributed by atoms with van der Waals surface area (Å²) in [5.74, 6) is 2.41.